The number of benzene rings is 2. The van der Waals surface area contributed by atoms with Gasteiger partial charge in [-0.1, -0.05) is 23.5 Å². The van der Waals surface area contributed by atoms with E-state index in [4.69, 9.17) is 9.72 Å². The van der Waals surface area contributed by atoms with Crippen LogP contribution in [0.4, 0.5) is 5.13 Å². The minimum absolute atomic E-state index is 0.0710. The highest BCUT2D eigenvalue weighted by molar-refractivity contribution is 7.89. The fraction of sp³-hybridized carbons (Fsp3) is 0.440. The van der Waals surface area contributed by atoms with Crippen molar-refractivity contribution in [2.24, 2.45) is 0 Å². The van der Waals surface area contributed by atoms with Crippen molar-refractivity contribution in [3.8, 4) is 0 Å². The molecule has 0 spiro atoms. The molecule has 0 N–H and O–H groups in total. The number of likely N-dealkylation sites (N-methyl/N-ethyl adjacent to an activating group) is 2. The lowest BCUT2D eigenvalue weighted by Gasteiger charge is -2.23. The highest BCUT2D eigenvalue weighted by atomic mass is 32.2. The summed E-state index contributed by atoms with van der Waals surface area (Å²) in [4.78, 5) is 22.1. The van der Waals surface area contributed by atoms with Gasteiger partial charge in [0.05, 0.1) is 21.2 Å². The molecule has 0 unspecified atom stereocenters. The monoisotopic (exact) mass is 516 g/mol. The van der Waals surface area contributed by atoms with E-state index in [-0.39, 0.29) is 16.9 Å². The lowest BCUT2D eigenvalue weighted by atomic mass is 10.2. The molecule has 1 aromatic heterocycles. The van der Waals surface area contributed by atoms with Crippen LogP contribution in [0.25, 0.3) is 10.2 Å². The Bertz CT molecular complexity index is 1280. The average molecular weight is 517 g/mol. The van der Waals surface area contributed by atoms with E-state index in [1.54, 1.807) is 24.1 Å². The molecule has 2 heterocycles. The van der Waals surface area contributed by atoms with Crippen LogP contribution in [0.1, 0.15) is 28.8 Å². The molecule has 1 aliphatic rings. The van der Waals surface area contributed by atoms with Crippen LogP contribution < -0.4 is 4.90 Å². The summed E-state index contributed by atoms with van der Waals surface area (Å²) in [6, 6.07) is 12.2. The van der Waals surface area contributed by atoms with Crippen LogP contribution in [-0.2, 0) is 14.8 Å². The highest BCUT2D eigenvalue weighted by Crippen LogP contribution is 2.31. The molecule has 1 atom stereocenters. The molecule has 1 aliphatic heterocycles. The number of rotatable bonds is 9. The first-order valence-corrected chi connectivity index (χ1v) is 13.9. The maximum atomic E-state index is 13.5. The van der Waals surface area contributed by atoms with Crippen LogP contribution in [0.3, 0.4) is 0 Å². The Kier molecular flexibility index (Phi) is 7.87. The Morgan fingerprint density at radius 2 is 1.86 bits per heavy atom. The summed E-state index contributed by atoms with van der Waals surface area (Å²) in [6.07, 6.45) is 1.74. The second-order valence-electron chi connectivity index (χ2n) is 9.12. The number of hydrogen-bond acceptors (Lipinski definition) is 7. The number of nitrogens with zero attached hydrogens (tertiary/aromatic N) is 4. The van der Waals surface area contributed by atoms with Crippen molar-refractivity contribution in [1.82, 2.24) is 14.2 Å². The number of ether oxygens (including phenoxy) is 1. The fourth-order valence-corrected chi connectivity index (χ4v) is 6.32. The Hall–Kier alpha value is -2.37. The topological polar surface area (TPSA) is 83.1 Å². The Balaban J connectivity index is 1.57. The molecular weight excluding hydrogens is 484 g/mol. The summed E-state index contributed by atoms with van der Waals surface area (Å²) in [5.74, 6) is -0.208. The second-order valence-corrected chi connectivity index (χ2v) is 12.2. The molecule has 188 valence electrons. The molecule has 3 aromatic rings. The molecule has 8 nitrogen and oxygen atoms in total. The van der Waals surface area contributed by atoms with Crippen molar-refractivity contribution in [2.45, 2.75) is 30.8 Å². The lowest BCUT2D eigenvalue weighted by molar-refractivity contribution is 0.0978. The number of sulfonamides is 1. The predicted molar refractivity (Wildman–Crippen MR) is 140 cm³/mol. The van der Waals surface area contributed by atoms with Crippen LogP contribution in [0, 0.1) is 6.92 Å². The number of thiazole rings is 1. The molecule has 10 heteroatoms. The van der Waals surface area contributed by atoms with Gasteiger partial charge in [0, 0.05) is 38.9 Å². The van der Waals surface area contributed by atoms with Crippen molar-refractivity contribution < 1.29 is 17.9 Å². The normalized spacial score (nSPS) is 16.5. The van der Waals surface area contributed by atoms with Gasteiger partial charge in [0.25, 0.3) is 5.91 Å². The van der Waals surface area contributed by atoms with Crippen LogP contribution in [0.15, 0.2) is 47.4 Å². The van der Waals surface area contributed by atoms with Crippen molar-refractivity contribution in [2.75, 3.05) is 52.3 Å². The third-order valence-electron chi connectivity index (χ3n) is 6.15. The number of carbonyl (C=O) groups excluding carboxylic acids is 1. The first-order chi connectivity index (χ1) is 16.7. The Labute approximate surface area is 211 Å². The van der Waals surface area contributed by atoms with E-state index in [1.165, 1.54) is 27.8 Å². The molecule has 35 heavy (non-hydrogen) atoms. The number of carbonyl (C=O) groups is 1. The number of aromatic nitrogens is 1. The molecule has 0 aliphatic carbocycles. The predicted octanol–water partition coefficient (Wildman–Crippen LogP) is 3.61. The SMILES string of the molecule is Cc1cccc2sc(N(CCN(C)C)C(=O)c3ccc(S(=O)(=O)N(C)C[C@H]4CCCO4)cc3)nc12. The Morgan fingerprint density at radius 1 is 1.11 bits per heavy atom. The molecule has 0 saturated carbocycles. The van der Waals surface area contributed by atoms with Gasteiger partial charge >= 0.3 is 0 Å². The van der Waals surface area contributed by atoms with Gasteiger partial charge in [-0.25, -0.2) is 13.4 Å². The minimum Gasteiger partial charge on any atom is -0.377 e. The molecule has 1 saturated heterocycles. The summed E-state index contributed by atoms with van der Waals surface area (Å²) < 4.78 is 34.0. The van der Waals surface area contributed by atoms with Gasteiger partial charge in [-0.05, 0) is 69.8 Å². The third-order valence-corrected chi connectivity index (χ3v) is 9.03. The van der Waals surface area contributed by atoms with E-state index < -0.39 is 10.0 Å². The van der Waals surface area contributed by atoms with Crippen LogP contribution >= 0.6 is 11.3 Å². The van der Waals surface area contributed by atoms with Gasteiger partial charge in [0.1, 0.15) is 0 Å². The van der Waals surface area contributed by atoms with Crippen molar-refractivity contribution >= 4 is 42.6 Å². The van der Waals surface area contributed by atoms with Gasteiger partial charge in [0.15, 0.2) is 5.13 Å². The first-order valence-electron chi connectivity index (χ1n) is 11.7. The zero-order chi connectivity index (χ0) is 25.2. The quantitative estimate of drug-likeness (QED) is 0.432. The van der Waals surface area contributed by atoms with Crippen molar-refractivity contribution in [3.05, 3.63) is 53.6 Å². The summed E-state index contributed by atoms with van der Waals surface area (Å²) in [7, 11) is 1.80. The summed E-state index contributed by atoms with van der Waals surface area (Å²) >= 11 is 1.48. The van der Waals surface area contributed by atoms with Gasteiger partial charge in [-0.15, -0.1) is 0 Å². The summed E-state index contributed by atoms with van der Waals surface area (Å²) in [6.45, 7) is 4.13. The largest absolute Gasteiger partial charge is 0.377 e. The fourth-order valence-electron chi connectivity index (χ4n) is 4.05. The first kappa shape index (κ1) is 25.7. The number of fused-ring (bicyclic) bond motifs is 1. The third kappa shape index (κ3) is 5.73. The zero-order valence-electron chi connectivity index (χ0n) is 20.6. The van der Waals surface area contributed by atoms with Gasteiger partial charge in [-0.3, -0.25) is 9.69 Å². The Morgan fingerprint density at radius 3 is 2.49 bits per heavy atom. The average Bonchev–Trinajstić information content (AvgIpc) is 3.49. The number of para-hydroxylation sites is 1. The standard InChI is InChI=1S/C25H32N4O4S2/c1-18-7-5-9-22-23(18)26-25(34-22)29(15-14-27(2)3)24(30)19-10-12-21(13-11-19)35(31,32)28(4)17-20-8-6-16-33-20/h5,7,9-13,20H,6,8,14-17H2,1-4H3/t20-/m1/s1. The second kappa shape index (κ2) is 10.7. The van der Waals surface area contributed by atoms with Crippen molar-refractivity contribution in [3.63, 3.8) is 0 Å². The van der Waals surface area contributed by atoms with E-state index in [0.29, 0.717) is 36.9 Å². The highest BCUT2D eigenvalue weighted by Gasteiger charge is 2.27. The summed E-state index contributed by atoms with van der Waals surface area (Å²) in [5, 5.41) is 0.633. The van der Waals surface area contributed by atoms with Gasteiger partial charge in [0.2, 0.25) is 10.0 Å². The zero-order valence-corrected chi connectivity index (χ0v) is 22.2. The number of hydrogen-bond donors (Lipinski definition) is 0. The van der Waals surface area contributed by atoms with Crippen molar-refractivity contribution in [1.29, 1.82) is 0 Å². The van der Waals surface area contributed by atoms with Gasteiger partial charge in [-0.2, -0.15) is 4.31 Å². The van der Waals surface area contributed by atoms with Crippen LogP contribution in [-0.4, -0.2) is 82.0 Å². The lowest BCUT2D eigenvalue weighted by Crippen LogP contribution is -2.37. The molecular formula is C25H32N4O4S2. The summed E-state index contributed by atoms with van der Waals surface area (Å²) in [5.41, 5.74) is 2.37. The molecule has 4 rings (SSSR count). The van der Waals surface area contributed by atoms with Crippen LogP contribution in [0.5, 0.6) is 0 Å². The minimum atomic E-state index is -3.67. The molecule has 1 amide bonds. The number of anilines is 1. The van der Waals surface area contributed by atoms with E-state index in [9.17, 15) is 13.2 Å². The molecule has 1 fully saturated rings. The van der Waals surface area contributed by atoms with E-state index in [2.05, 4.69) is 0 Å². The van der Waals surface area contributed by atoms with E-state index in [0.717, 1.165) is 28.6 Å². The van der Waals surface area contributed by atoms with E-state index >= 15 is 0 Å². The maximum Gasteiger partial charge on any atom is 0.260 e. The van der Waals surface area contributed by atoms with Crippen LogP contribution in [0.2, 0.25) is 0 Å². The molecule has 0 bridgehead atoms. The molecule has 2 aromatic carbocycles. The van der Waals surface area contributed by atoms with Gasteiger partial charge < -0.3 is 9.64 Å². The molecule has 0 radical (unpaired) electrons. The maximum absolute atomic E-state index is 13.5. The smallest absolute Gasteiger partial charge is 0.260 e. The number of aryl methyl sites for hydroxylation is 1. The number of amides is 1. The van der Waals surface area contributed by atoms with E-state index in [1.807, 2.05) is 44.1 Å².